The Kier molecular flexibility index (Phi) is 9.80. The van der Waals surface area contributed by atoms with Crippen LogP contribution in [0.1, 0.15) is 39.6 Å². The molecule has 1 aromatic heterocycles. The molecule has 1 aliphatic heterocycles. The van der Waals surface area contributed by atoms with Crippen LogP contribution in [0.5, 0.6) is 0 Å². The van der Waals surface area contributed by atoms with E-state index in [-0.39, 0.29) is 35.8 Å². The predicted molar refractivity (Wildman–Crippen MR) is 144 cm³/mol. The van der Waals surface area contributed by atoms with Crippen molar-refractivity contribution in [3.05, 3.63) is 45.7 Å². The van der Waals surface area contributed by atoms with Gasteiger partial charge in [-0.2, -0.15) is 0 Å². The normalized spacial score (nSPS) is 20.9. The van der Waals surface area contributed by atoms with Crippen molar-refractivity contribution in [2.75, 3.05) is 33.0 Å². The quantitative estimate of drug-likeness (QED) is 0.474. The molecule has 0 saturated heterocycles. The molecule has 206 valence electrons. The summed E-state index contributed by atoms with van der Waals surface area (Å²) < 4.78 is 13.1. The van der Waals surface area contributed by atoms with Gasteiger partial charge in [-0.05, 0) is 50.6 Å². The van der Waals surface area contributed by atoms with Crippen molar-refractivity contribution in [2.45, 2.75) is 44.3 Å². The van der Waals surface area contributed by atoms with Gasteiger partial charge < -0.3 is 25.8 Å². The SMILES string of the molecule is CN1CCc2nc(C(=O)N[C@@H]3C[C@@H](C(=O)N(C)C)CC[C@@H]3NC(=O)C(=O)Nc3ccc(F)cc3)sc2C1.Cl. The molecule has 10 nitrogen and oxygen atoms in total. The van der Waals surface area contributed by atoms with Crippen molar-refractivity contribution in [1.29, 1.82) is 0 Å². The van der Waals surface area contributed by atoms with E-state index in [4.69, 9.17) is 0 Å². The molecule has 2 heterocycles. The molecular weight excluding hydrogens is 535 g/mol. The number of carbonyl (C=O) groups is 4. The van der Waals surface area contributed by atoms with Crippen molar-refractivity contribution < 1.29 is 23.6 Å². The number of hydrogen-bond acceptors (Lipinski definition) is 7. The molecule has 2 aliphatic rings. The highest BCUT2D eigenvalue weighted by atomic mass is 35.5. The van der Waals surface area contributed by atoms with E-state index in [0.29, 0.717) is 24.3 Å². The Morgan fingerprint density at radius 3 is 2.45 bits per heavy atom. The molecule has 1 aromatic carbocycles. The fraction of sp³-hybridized carbons (Fsp3) is 0.480. The molecule has 0 spiro atoms. The predicted octanol–water partition coefficient (Wildman–Crippen LogP) is 1.80. The lowest BCUT2D eigenvalue weighted by atomic mass is 9.81. The molecule has 0 bridgehead atoms. The molecule has 0 radical (unpaired) electrons. The second-order valence-electron chi connectivity index (χ2n) is 9.74. The van der Waals surface area contributed by atoms with Gasteiger partial charge in [0.15, 0.2) is 5.01 Å². The molecule has 1 saturated carbocycles. The number of rotatable bonds is 5. The van der Waals surface area contributed by atoms with Gasteiger partial charge >= 0.3 is 11.8 Å². The van der Waals surface area contributed by atoms with Crippen molar-refractivity contribution in [1.82, 2.24) is 25.4 Å². The largest absolute Gasteiger partial charge is 0.349 e. The Morgan fingerprint density at radius 1 is 1.05 bits per heavy atom. The third-order valence-corrected chi connectivity index (χ3v) is 7.78. The summed E-state index contributed by atoms with van der Waals surface area (Å²) in [5, 5.41) is 8.46. The number of amides is 4. The van der Waals surface area contributed by atoms with Crippen LogP contribution in [-0.2, 0) is 27.3 Å². The minimum absolute atomic E-state index is 0. The summed E-state index contributed by atoms with van der Waals surface area (Å²) in [5.74, 6) is -2.97. The first-order valence-electron chi connectivity index (χ1n) is 12.2. The Balaban J connectivity index is 0.00000400. The molecule has 4 rings (SSSR count). The van der Waals surface area contributed by atoms with E-state index in [1.807, 2.05) is 7.05 Å². The maximum atomic E-state index is 13.2. The first-order valence-corrected chi connectivity index (χ1v) is 13.0. The van der Waals surface area contributed by atoms with Gasteiger partial charge in [0.1, 0.15) is 5.82 Å². The first-order chi connectivity index (χ1) is 17.6. The van der Waals surface area contributed by atoms with E-state index in [0.717, 1.165) is 30.1 Å². The molecule has 2 aromatic rings. The number of aromatic nitrogens is 1. The molecule has 3 atom stereocenters. The summed E-state index contributed by atoms with van der Waals surface area (Å²) >= 11 is 1.35. The van der Waals surface area contributed by atoms with Gasteiger partial charge in [0.25, 0.3) is 5.91 Å². The summed E-state index contributed by atoms with van der Waals surface area (Å²) in [6.45, 7) is 1.62. The summed E-state index contributed by atoms with van der Waals surface area (Å²) in [7, 11) is 5.38. The van der Waals surface area contributed by atoms with Gasteiger partial charge in [-0.1, -0.05) is 0 Å². The number of carbonyl (C=O) groups excluding carboxylic acids is 4. The molecular formula is C25H32ClFN6O4S. The average molecular weight is 567 g/mol. The third-order valence-electron chi connectivity index (χ3n) is 6.70. The van der Waals surface area contributed by atoms with Crippen LogP contribution in [0.2, 0.25) is 0 Å². The zero-order valence-corrected chi connectivity index (χ0v) is 23.1. The van der Waals surface area contributed by atoms with Crippen LogP contribution >= 0.6 is 23.7 Å². The molecule has 38 heavy (non-hydrogen) atoms. The molecule has 4 amide bonds. The zero-order valence-electron chi connectivity index (χ0n) is 21.5. The highest BCUT2D eigenvalue weighted by Gasteiger charge is 2.37. The lowest BCUT2D eigenvalue weighted by Gasteiger charge is -2.37. The van der Waals surface area contributed by atoms with E-state index >= 15 is 0 Å². The van der Waals surface area contributed by atoms with Gasteiger partial charge in [0.05, 0.1) is 11.7 Å². The first kappa shape index (κ1) is 29.5. The van der Waals surface area contributed by atoms with Gasteiger partial charge in [0, 0.05) is 56.1 Å². The number of nitrogens with zero attached hydrogens (tertiary/aromatic N) is 3. The van der Waals surface area contributed by atoms with Crippen LogP contribution in [0.25, 0.3) is 0 Å². The monoisotopic (exact) mass is 566 g/mol. The number of fused-ring (bicyclic) bond motifs is 1. The minimum atomic E-state index is -0.903. The number of benzene rings is 1. The van der Waals surface area contributed by atoms with Crippen LogP contribution in [0.15, 0.2) is 24.3 Å². The number of halogens is 2. The Morgan fingerprint density at radius 2 is 1.76 bits per heavy atom. The molecule has 13 heteroatoms. The molecule has 0 unspecified atom stereocenters. The van der Waals surface area contributed by atoms with E-state index in [1.54, 1.807) is 14.1 Å². The summed E-state index contributed by atoms with van der Waals surface area (Å²) in [4.78, 5) is 60.2. The molecule has 3 N–H and O–H groups in total. The van der Waals surface area contributed by atoms with Gasteiger partial charge in [-0.3, -0.25) is 19.2 Å². The van der Waals surface area contributed by atoms with Crippen LogP contribution in [0.3, 0.4) is 0 Å². The van der Waals surface area contributed by atoms with Crippen molar-refractivity contribution >= 4 is 53.1 Å². The number of nitrogens with one attached hydrogen (secondary N) is 3. The van der Waals surface area contributed by atoms with Crippen LogP contribution in [0.4, 0.5) is 10.1 Å². The van der Waals surface area contributed by atoms with E-state index in [1.165, 1.54) is 40.5 Å². The standard InChI is InChI=1S/C25H31FN6O4S.ClH/c1-31(2)25(36)14-4-9-17(28-22(34)21(33)27-16-7-5-15(26)6-8-16)19(12-14)29-23(35)24-30-18-10-11-32(3)13-20(18)37-24;/h5-8,14,17,19H,4,9-13H2,1-3H3,(H,27,33)(H,28,34)(H,29,35);1H/t14-,17-,19+;/m0./s1. The maximum Gasteiger partial charge on any atom is 0.313 e. The maximum absolute atomic E-state index is 13.2. The fourth-order valence-corrected chi connectivity index (χ4v) is 5.79. The lowest BCUT2D eigenvalue weighted by Crippen LogP contribution is -2.57. The highest BCUT2D eigenvalue weighted by Crippen LogP contribution is 2.28. The number of hydrogen-bond donors (Lipinski definition) is 3. The van der Waals surface area contributed by atoms with E-state index < -0.39 is 29.7 Å². The van der Waals surface area contributed by atoms with Crippen LogP contribution in [0, 0.1) is 11.7 Å². The van der Waals surface area contributed by atoms with Gasteiger partial charge in [-0.25, -0.2) is 9.37 Å². The van der Waals surface area contributed by atoms with Crippen LogP contribution in [-0.4, -0.2) is 78.2 Å². The highest BCUT2D eigenvalue weighted by molar-refractivity contribution is 7.13. The van der Waals surface area contributed by atoms with Crippen LogP contribution < -0.4 is 16.0 Å². The topological polar surface area (TPSA) is 124 Å². The smallest absolute Gasteiger partial charge is 0.313 e. The number of thiazole rings is 1. The summed E-state index contributed by atoms with van der Waals surface area (Å²) in [6, 6.07) is 3.94. The fourth-order valence-electron chi connectivity index (χ4n) is 4.70. The van der Waals surface area contributed by atoms with E-state index in [2.05, 4.69) is 25.8 Å². The summed E-state index contributed by atoms with van der Waals surface area (Å²) in [5.41, 5.74) is 1.21. The molecule has 1 fully saturated rings. The van der Waals surface area contributed by atoms with Gasteiger partial charge in [0.2, 0.25) is 5.91 Å². The van der Waals surface area contributed by atoms with Crippen molar-refractivity contribution in [3.63, 3.8) is 0 Å². The Hall–Kier alpha value is -3.09. The number of anilines is 1. The second-order valence-corrected chi connectivity index (χ2v) is 10.8. The average Bonchev–Trinajstić information content (AvgIpc) is 3.29. The Labute approximate surface area is 230 Å². The zero-order chi connectivity index (χ0) is 26.7. The van der Waals surface area contributed by atoms with Crippen molar-refractivity contribution in [2.24, 2.45) is 5.92 Å². The second kappa shape index (κ2) is 12.6. The molecule has 1 aliphatic carbocycles. The van der Waals surface area contributed by atoms with Gasteiger partial charge in [-0.15, -0.1) is 23.7 Å². The lowest BCUT2D eigenvalue weighted by molar-refractivity contribution is -0.137. The summed E-state index contributed by atoms with van der Waals surface area (Å²) in [6.07, 6.45) is 2.01. The number of likely N-dealkylation sites (N-methyl/N-ethyl adjacent to an activating group) is 1. The van der Waals surface area contributed by atoms with E-state index in [9.17, 15) is 23.6 Å². The van der Waals surface area contributed by atoms with Crippen molar-refractivity contribution in [3.8, 4) is 0 Å². The minimum Gasteiger partial charge on any atom is -0.349 e. The third kappa shape index (κ3) is 7.06. The Bertz CT molecular complexity index is 1190.